The molecule has 1 aromatic carbocycles. The molecule has 3 rings (SSSR count). The first-order valence-electron chi connectivity index (χ1n) is 9.10. The van der Waals surface area contributed by atoms with Crippen LogP contribution in [-0.2, 0) is 10.2 Å². The maximum Gasteiger partial charge on any atom is 0.254 e. The van der Waals surface area contributed by atoms with E-state index in [1.54, 1.807) is 11.0 Å². The Labute approximate surface area is 157 Å². The molecule has 27 heavy (non-hydrogen) atoms. The average Bonchev–Trinajstić information content (AvgIpc) is 3.10. The Balaban J connectivity index is 1.74. The fraction of sp³-hybridized carbons (Fsp3) is 0.450. The van der Waals surface area contributed by atoms with Gasteiger partial charge in [-0.2, -0.15) is 0 Å². The fourth-order valence-electron chi connectivity index (χ4n) is 3.10. The van der Waals surface area contributed by atoms with E-state index in [1.807, 2.05) is 20.8 Å². The molecule has 0 aliphatic carbocycles. The molecule has 1 saturated heterocycles. The highest BCUT2D eigenvalue weighted by atomic mass is 19.1. The highest BCUT2D eigenvalue weighted by molar-refractivity contribution is 6.01. The van der Waals surface area contributed by atoms with Crippen molar-refractivity contribution in [3.63, 3.8) is 0 Å². The van der Waals surface area contributed by atoms with E-state index in [0.29, 0.717) is 30.1 Å². The molecule has 7 heteroatoms. The number of carbonyl (C=O) groups excluding carboxylic acids is 2. The summed E-state index contributed by atoms with van der Waals surface area (Å²) < 4.78 is 18.4. The van der Waals surface area contributed by atoms with Crippen molar-refractivity contribution >= 4 is 17.6 Å². The summed E-state index contributed by atoms with van der Waals surface area (Å²) in [6.45, 7) is 6.45. The number of rotatable bonds is 3. The topological polar surface area (TPSA) is 75.4 Å². The molecule has 0 spiro atoms. The summed E-state index contributed by atoms with van der Waals surface area (Å²) in [5, 5.41) is 6.66. The second-order valence-electron chi connectivity index (χ2n) is 7.83. The van der Waals surface area contributed by atoms with Gasteiger partial charge in [0.2, 0.25) is 5.91 Å². The number of hydrogen-bond acceptors (Lipinski definition) is 4. The van der Waals surface area contributed by atoms with Crippen molar-refractivity contribution in [1.82, 2.24) is 10.1 Å². The van der Waals surface area contributed by atoms with Crippen LogP contribution in [0.5, 0.6) is 0 Å². The maximum atomic E-state index is 13.1. The van der Waals surface area contributed by atoms with Crippen molar-refractivity contribution in [1.29, 1.82) is 0 Å². The summed E-state index contributed by atoms with van der Waals surface area (Å²) in [6.07, 6.45) is 2.26. The molecule has 2 heterocycles. The number of benzene rings is 1. The molecule has 0 unspecified atom stereocenters. The third-order valence-electron chi connectivity index (χ3n) is 4.66. The number of hydrogen-bond donors (Lipinski definition) is 1. The first-order chi connectivity index (χ1) is 12.8. The first kappa shape index (κ1) is 19.1. The number of carbonyl (C=O) groups is 2. The number of anilines is 1. The minimum absolute atomic E-state index is 0.217. The number of piperidine rings is 1. The monoisotopic (exact) mass is 373 g/mol. The Morgan fingerprint density at radius 3 is 2.56 bits per heavy atom. The van der Waals surface area contributed by atoms with Gasteiger partial charge in [-0.1, -0.05) is 25.9 Å². The zero-order chi connectivity index (χ0) is 19.6. The number of nitrogens with one attached hydrogen (secondary N) is 1. The molecule has 1 aliphatic heterocycles. The third kappa shape index (κ3) is 4.35. The van der Waals surface area contributed by atoms with E-state index in [0.717, 1.165) is 12.8 Å². The average molecular weight is 373 g/mol. The lowest BCUT2D eigenvalue weighted by molar-refractivity contribution is -0.121. The van der Waals surface area contributed by atoms with Crippen molar-refractivity contribution < 1.29 is 18.5 Å². The standard InChI is InChI=1S/C20H24FN3O3/c1-20(2,3)16-12-17(23-27-16)22-18(25)15-6-4-5-11-24(15)19(26)13-7-9-14(21)10-8-13/h7-10,12,15H,4-6,11H2,1-3H3,(H,22,23,25)/t15-/m0/s1. The summed E-state index contributed by atoms with van der Waals surface area (Å²) in [6, 6.07) is 6.48. The Bertz CT molecular complexity index is 824. The lowest BCUT2D eigenvalue weighted by atomic mass is 9.93. The number of likely N-dealkylation sites (tertiary alicyclic amines) is 1. The molecule has 0 radical (unpaired) electrons. The van der Waals surface area contributed by atoms with E-state index in [2.05, 4.69) is 10.5 Å². The normalized spacial score (nSPS) is 17.6. The molecule has 0 saturated carbocycles. The van der Waals surface area contributed by atoms with Crippen LogP contribution < -0.4 is 5.32 Å². The van der Waals surface area contributed by atoms with E-state index >= 15 is 0 Å². The summed E-state index contributed by atoms with van der Waals surface area (Å²) >= 11 is 0. The lowest BCUT2D eigenvalue weighted by Gasteiger charge is -2.34. The summed E-state index contributed by atoms with van der Waals surface area (Å²) in [5.41, 5.74) is 0.151. The van der Waals surface area contributed by atoms with Crippen LogP contribution in [0, 0.1) is 5.82 Å². The Morgan fingerprint density at radius 1 is 1.22 bits per heavy atom. The second kappa shape index (κ2) is 7.50. The zero-order valence-corrected chi connectivity index (χ0v) is 15.8. The fourth-order valence-corrected chi connectivity index (χ4v) is 3.10. The van der Waals surface area contributed by atoms with Gasteiger partial charge in [-0.3, -0.25) is 9.59 Å². The highest BCUT2D eigenvalue weighted by Gasteiger charge is 2.33. The number of halogens is 1. The van der Waals surface area contributed by atoms with Crippen LogP contribution in [-0.4, -0.2) is 34.5 Å². The number of aromatic nitrogens is 1. The van der Waals surface area contributed by atoms with Gasteiger partial charge in [0, 0.05) is 23.6 Å². The van der Waals surface area contributed by atoms with Crippen LogP contribution in [0.4, 0.5) is 10.2 Å². The molecule has 1 N–H and O–H groups in total. The minimum atomic E-state index is -0.592. The Morgan fingerprint density at radius 2 is 1.93 bits per heavy atom. The molecule has 0 bridgehead atoms. The van der Waals surface area contributed by atoms with E-state index in [4.69, 9.17) is 4.52 Å². The Kier molecular flexibility index (Phi) is 5.30. The van der Waals surface area contributed by atoms with Gasteiger partial charge in [-0.05, 0) is 43.5 Å². The van der Waals surface area contributed by atoms with Crippen molar-refractivity contribution in [2.45, 2.75) is 51.5 Å². The predicted molar refractivity (Wildman–Crippen MR) is 98.9 cm³/mol. The van der Waals surface area contributed by atoms with Crippen LogP contribution >= 0.6 is 0 Å². The molecule has 1 aromatic heterocycles. The molecule has 1 atom stereocenters. The highest BCUT2D eigenvalue weighted by Crippen LogP contribution is 2.25. The summed E-state index contributed by atoms with van der Waals surface area (Å²) in [7, 11) is 0. The number of nitrogens with zero attached hydrogens (tertiary/aromatic N) is 2. The molecular weight excluding hydrogens is 349 g/mol. The van der Waals surface area contributed by atoms with Crippen LogP contribution in [0.3, 0.4) is 0 Å². The van der Waals surface area contributed by atoms with E-state index in [-0.39, 0.29) is 17.2 Å². The smallest absolute Gasteiger partial charge is 0.254 e. The van der Waals surface area contributed by atoms with Gasteiger partial charge >= 0.3 is 0 Å². The van der Waals surface area contributed by atoms with E-state index in [1.165, 1.54) is 24.3 Å². The zero-order valence-electron chi connectivity index (χ0n) is 15.8. The Hall–Kier alpha value is -2.70. The van der Waals surface area contributed by atoms with Gasteiger partial charge in [0.15, 0.2) is 5.82 Å². The quantitative estimate of drug-likeness (QED) is 0.889. The van der Waals surface area contributed by atoms with Crippen molar-refractivity contribution in [2.75, 3.05) is 11.9 Å². The summed E-state index contributed by atoms with van der Waals surface area (Å²) in [5.74, 6) is 0.0369. The van der Waals surface area contributed by atoms with Gasteiger partial charge in [-0.15, -0.1) is 0 Å². The van der Waals surface area contributed by atoms with Crippen LogP contribution in [0.25, 0.3) is 0 Å². The molecule has 2 amide bonds. The molecule has 144 valence electrons. The second-order valence-corrected chi connectivity index (χ2v) is 7.83. The maximum absolute atomic E-state index is 13.1. The first-order valence-corrected chi connectivity index (χ1v) is 9.10. The SMILES string of the molecule is CC(C)(C)c1cc(NC(=O)[C@@H]2CCCCN2C(=O)c2ccc(F)cc2)no1. The molecule has 1 aliphatic rings. The molecule has 1 fully saturated rings. The van der Waals surface area contributed by atoms with Crippen LogP contribution in [0.1, 0.15) is 56.2 Å². The third-order valence-corrected chi connectivity index (χ3v) is 4.66. The van der Waals surface area contributed by atoms with Gasteiger partial charge in [-0.25, -0.2) is 4.39 Å². The molecular formula is C20H24FN3O3. The van der Waals surface area contributed by atoms with Crippen molar-refractivity contribution in [3.05, 3.63) is 47.5 Å². The van der Waals surface area contributed by atoms with E-state index in [9.17, 15) is 14.0 Å². The van der Waals surface area contributed by atoms with Crippen LogP contribution in [0.15, 0.2) is 34.9 Å². The van der Waals surface area contributed by atoms with E-state index < -0.39 is 11.9 Å². The van der Waals surface area contributed by atoms with Gasteiger partial charge < -0.3 is 14.7 Å². The largest absolute Gasteiger partial charge is 0.359 e. The van der Waals surface area contributed by atoms with Gasteiger partial charge in [0.05, 0.1) is 0 Å². The van der Waals surface area contributed by atoms with Gasteiger partial charge in [0.25, 0.3) is 5.91 Å². The number of amides is 2. The lowest BCUT2D eigenvalue weighted by Crippen LogP contribution is -2.50. The van der Waals surface area contributed by atoms with Gasteiger partial charge in [0.1, 0.15) is 17.6 Å². The predicted octanol–water partition coefficient (Wildman–Crippen LogP) is 3.74. The minimum Gasteiger partial charge on any atom is -0.359 e. The van der Waals surface area contributed by atoms with Crippen molar-refractivity contribution in [3.8, 4) is 0 Å². The van der Waals surface area contributed by atoms with Crippen molar-refractivity contribution in [2.24, 2.45) is 0 Å². The summed E-state index contributed by atoms with van der Waals surface area (Å²) in [4.78, 5) is 27.1. The van der Waals surface area contributed by atoms with Crippen LogP contribution in [0.2, 0.25) is 0 Å². The molecule has 2 aromatic rings. The molecule has 6 nitrogen and oxygen atoms in total.